The number of hydrogen-bond acceptors (Lipinski definition) is 6. The van der Waals surface area contributed by atoms with Crippen LogP contribution >= 0.6 is 22.9 Å². The molecule has 7 nitrogen and oxygen atoms in total. The van der Waals surface area contributed by atoms with E-state index in [1.807, 2.05) is 6.07 Å². The van der Waals surface area contributed by atoms with Crippen molar-refractivity contribution >= 4 is 44.6 Å². The van der Waals surface area contributed by atoms with Gasteiger partial charge in [-0.25, -0.2) is 8.42 Å². The average molecular weight is 463 g/mol. The van der Waals surface area contributed by atoms with Crippen molar-refractivity contribution in [1.82, 2.24) is 14.5 Å². The van der Waals surface area contributed by atoms with Crippen LogP contribution < -0.4 is 5.32 Å². The number of nitrogens with zero attached hydrogens (tertiary/aromatic N) is 3. The monoisotopic (exact) mass is 462 g/mol. The molecule has 1 aliphatic heterocycles. The fourth-order valence-electron chi connectivity index (χ4n) is 3.46. The maximum Gasteiger partial charge on any atom is 0.286 e. The van der Waals surface area contributed by atoms with E-state index >= 15 is 0 Å². The molecule has 156 valence electrons. The quantitative estimate of drug-likeness (QED) is 0.611. The van der Waals surface area contributed by atoms with Gasteiger partial charge < -0.3 is 5.32 Å². The summed E-state index contributed by atoms with van der Waals surface area (Å²) in [6, 6.07) is 13.3. The third-order valence-corrected chi connectivity index (χ3v) is 8.21. The van der Waals surface area contributed by atoms with Crippen molar-refractivity contribution in [2.75, 3.05) is 11.9 Å². The van der Waals surface area contributed by atoms with Crippen LogP contribution in [0.4, 0.5) is 5.69 Å². The highest BCUT2D eigenvalue weighted by molar-refractivity contribution is 7.89. The van der Waals surface area contributed by atoms with Gasteiger partial charge in [0, 0.05) is 17.3 Å². The number of rotatable bonds is 5. The number of halogens is 1. The van der Waals surface area contributed by atoms with E-state index < -0.39 is 22.0 Å². The number of anilines is 1. The van der Waals surface area contributed by atoms with Gasteiger partial charge in [-0.1, -0.05) is 47.2 Å². The number of aryl methyl sites for hydroxylation is 1. The molecule has 4 rings (SSSR count). The van der Waals surface area contributed by atoms with Crippen LogP contribution in [0.3, 0.4) is 0 Å². The molecule has 0 radical (unpaired) electrons. The van der Waals surface area contributed by atoms with Gasteiger partial charge >= 0.3 is 0 Å². The first-order valence-corrected chi connectivity index (χ1v) is 12.0. The van der Waals surface area contributed by atoms with Crippen LogP contribution in [0.1, 0.15) is 39.3 Å². The van der Waals surface area contributed by atoms with Gasteiger partial charge in [-0.3, -0.25) is 4.79 Å². The first-order valence-electron chi connectivity index (χ1n) is 9.34. The molecule has 2 aromatic carbocycles. The van der Waals surface area contributed by atoms with Crippen molar-refractivity contribution in [1.29, 1.82) is 0 Å². The van der Waals surface area contributed by atoms with Gasteiger partial charge in [-0.15, -0.1) is 10.2 Å². The third-order valence-electron chi connectivity index (χ3n) is 4.89. The Morgan fingerprint density at radius 3 is 2.77 bits per heavy atom. The Balaban J connectivity index is 1.56. The number of benzene rings is 2. The summed E-state index contributed by atoms with van der Waals surface area (Å²) in [6.07, 6.45) is 1.36. The second-order valence-corrected chi connectivity index (χ2v) is 10.3. The van der Waals surface area contributed by atoms with Crippen LogP contribution in [0, 0.1) is 6.92 Å². The molecule has 1 aromatic heterocycles. The average Bonchev–Trinajstić information content (AvgIpc) is 3.38. The van der Waals surface area contributed by atoms with E-state index in [9.17, 15) is 13.2 Å². The Kier molecular flexibility index (Phi) is 5.88. The molecular weight excluding hydrogens is 444 g/mol. The molecule has 2 heterocycles. The Hall–Kier alpha value is -2.33. The molecule has 0 aliphatic carbocycles. The molecule has 3 aromatic rings. The zero-order valence-corrected chi connectivity index (χ0v) is 18.5. The molecule has 0 saturated carbocycles. The molecule has 0 bridgehead atoms. The van der Waals surface area contributed by atoms with Crippen LogP contribution in [0.25, 0.3) is 0 Å². The van der Waals surface area contributed by atoms with E-state index in [-0.39, 0.29) is 5.01 Å². The first kappa shape index (κ1) is 20.9. The molecule has 30 heavy (non-hydrogen) atoms. The van der Waals surface area contributed by atoms with E-state index in [0.29, 0.717) is 39.1 Å². The maximum atomic E-state index is 13.2. The topological polar surface area (TPSA) is 92.3 Å². The number of aromatic nitrogens is 2. The van der Waals surface area contributed by atoms with Crippen molar-refractivity contribution in [3.05, 3.63) is 69.1 Å². The minimum Gasteiger partial charge on any atom is -0.320 e. The SMILES string of the molecule is Cc1ccccc1S(=O)(=O)N1CCC[C@H]1c1nnc(C(=O)Nc2cccc(Cl)c2)s1. The minimum absolute atomic E-state index is 0.171. The van der Waals surface area contributed by atoms with Crippen molar-refractivity contribution in [3.8, 4) is 0 Å². The smallest absolute Gasteiger partial charge is 0.286 e. The fourth-order valence-corrected chi connectivity index (χ4v) is 6.49. The van der Waals surface area contributed by atoms with Crippen molar-refractivity contribution in [3.63, 3.8) is 0 Å². The lowest BCUT2D eigenvalue weighted by atomic mass is 10.2. The predicted molar refractivity (Wildman–Crippen MR) is 116 cm³/mol. The van der Waals surface area contributed by atoms with E-state index in [4.69, 9.17) is 11.6 Å². The van der Waals surface area contributed by atoms with E-state index in [1.165, 1.54) is 4.31 Å². The molecule has 1 amide bonds. The standard InChI is InChI=1S/C20H19ClN4O3S2/c1-13-6-2-3-10-17(13)30(27,28)25-11-5-9-16(25)19-23-24-20(29-19)18(26)22-15-8-4-7-14(21)12-15/h2-4,6-8,10,12,16H,5,9,11H2,1H3,(H,22,26)/t16-/m0/s1. The Bertz CT molecular complexity index is 1200. The summed E-state index contributed by atoms with van der Waals surface area (Å²) >= 11 is 7.05. The summed E-state index contributed by atoms with van der Waals surface area (Å²) in [5.74, 6) is -0.410. The molecule has 1 N–H and O–H groups in total. The summed E-state index contributed by atoms with van der Waals surface area (Å²) in [6.45, 7) is 2.19. The normalized spacial score (nSPS) is 17.2. The number of sulfonamides is 1. The molecule has 1 fully saturated rings. The van der Waals surface area contributed by atoms with Gasteiger partial charge in [0.1, 0.15) is 5.01 Å². The van der Waals surface area contributed by atoms with Crippen molar-refractivity contribution < 1.29 is 13.2 Å². The van der Waals surface area contributed by atoms with Crippen molar-refractivity contribution in [2.45, 2.75) is 30.7 Å². The molecule has 0 spiro atoms. The largest absolute Gasteiger partial charge is 0.320 e. The fraction of sp³-hybridized carbons (Fsp3) is 0.250. The summed E-state index contributed by atoms with van der Waals surface area (Å²) in [4.78, 5) is 12.8. The lowest BCUT2D eigenvalue weighted by Crippen LogP contribution is -2.31. The van der Waals surface area contributed by atoms with E-state index in [0.717, 1.165) is 17.8 Å². The molecule has 1 saturated heterocycles. The maximum absolute atomic E-state index is 13.2. The van der Waals surface area contributed by atoms with Gasteiger partial charge in [0.25, 0.3) is 5.91 Å². The molecule has 0 unspecified atom stereocenters. The molecule has 10 heteroatoms. The van der Waals surface area contributed by atoms with Gasteiger partial charge in [0.15, 0.2) is 0 Å². The van der Waals surface area contributed by atoms with Crippen LogP contribution in [-0.2, 0) is 10.0 Å². The van der Waals surface area contributed by atoms with Gasteiger partial charge in [0.05, 0.1) is 10.9 Å². The Morgan fingerprint density at radius 1 is 1.20 bits per heavy atom. The summed E-state index contributed by atoms with van der Waals surface area (Å²) < 4.78 is 28.0. The minimum atomic E-state index is -3.67. The van der Waals surface area contributed by atoms with Crippen LogP contribution in [0.5, 0.6) is 0 Å². The molecule has 1 atom stereocenters. The summed E-state index contributed by atoms with van der Waals surface area (Å²) in [7, 11) is -3.67. The Labute approximate surface area is 183 Å². The van der Waals surface area contributed by atoms with Gasteiger partial charge in [-0.2, -0.15) is 4.31 Å². The van der Waals surface area contributed by atoms with Crippen LogP contribution in [-0.4, -0.2) is 35.4 Å². The highest BCUT2D eigenvalue weighted by Crippen LogP contribution is 2.38. The number of hydrogen-bond donors (Lipinski definition) is 1. The van der Waals surface area contributed by atoms with E-state index in [1.54, 1.807) is 49.4 Å². The number of amides is 1. The second-order valence-electron chi connectivity index (χ2n) is 6.95. The molecular formula is C20H19ClN4O3S2. The van der Waals surface area contributed by atoms with Crippen molar-refractivity contribution in [2.24, 2.45) is 0 Å². The van der Waals surface area contributed by atoms with E-state index in [2.05, 4.69) is 15.5 Å². The first-order chi connectivity index (χ1) is 14.4. The Morgan fingerprint density at radius 2 is 2.00 bits per heavy atom. The highest BCUT2D eigenvalue weighted by atomic mass is 35.5. The zero-order chi connectivity index (χ0) is 21.3. The summed E-state index contributed by atoms with van der Waals surface area (Å²) in [5.41, 5.74) is 1.25. The molecule has 1 aliphatic rings. The summed E-state index contributed by atoms with van der Waals surface area (Å²) in [5, 5.41) is 12.0. The predicted octanol–water partition coefficient (Wildman–Crippen LogP) is 4.28. The second kappa shape index (κ2) is 8.43. The third kappa shape index (κ3) is 4.11. The highest BCUT2D eigenvalue weighted by Gasteiger charge is 2.39. The van der Waals surface area contributed by atoms with Gasteiger partial charge in [-0.05, 0) is 49.6 Å². The lowest BCUT2D eigenvalue weighted by molar-refractivity contribution is 0.102. The number of nitrogens with one attached hydrogen (secondary N) is 1. The zero-order valence-electron chi connectivity index (χ0n) is 16.1. The number of carbonyl (C=O) groups is 1. The lowest BCUT2D eigenvalue weighted by Gasteiger charge is -2.23. The number of carbonyl (C=O) groups excluding carboxylic acids is 1. The van der Waals surface area contributed by atoms with Gasteiger partial charge in [0.2, 0.25) is 15.0 Å². The van der Waals surface area contributed by atoms with Crippen LogP contribution in [0.15, 0.2) is 53.4 Å². The van der Waals surface area contributed by atoms with Crippen LogP contribution in [0.2, 0.25) is 5.02 Å².